The van der Waals surface area contributed by atoms with Crippen LogP contribution in [-0.4, -0.2) is 23.0 Å². The number of rotatable bonds is 6. The van der Waals surface area contributed by atoms with E-state index in [1.807, 2.05) is 0 Å². The van der Waals surface area contributed by atoms with E-state index >= 15 is 0 Å². The number of pyridine rings is 1. The monoisotopic (exact) mass is 288 g/mol. The summed E-state index contributed by atoms with van der Waals surface area (Å²) in [5.41, 5.74) is 1.04. The maximum atomic E-state index is 6.20. The van der Waals surface area contributed by atoms with Gasteiger partial charge in [0, 0.05) is 36.4 Å². The molecule has 0 unspecified atom stereocenters. The van der Waals surface area contributed by atoms with Gasteiger partial charge in [0.05, 0.1) is 0 Å². The predicted octanol–water partition coefficient (Wildman–Crippen LogP) is 4.50. The molecule has 0 aliphatic heterocycles. The molecule has 0 saturated heterocycles. The number of halogens is 2. The van der Waals surface area contributed by atoms with Crippen LogP contribution in [0.3, 0.4) is 0 Å². The molecule has 0 aliphatic carbocycles. The van der Waals surface area contributed by atoms with Crippen LogP contribution in [-0.2, 0) is 6.54 Å². The van der Waals surface area contributed by atoms with Gasteiger partial charge in [0.25, 0.3) is 0 Å². The molecule has 1 aromatic heterocycles. The lowest BCUT2D eigenvalue weighted by atomic mass is 10.1. The molecule has 0 aromatic carbocycles. The summed E-state index contributed by atoms with van der Waals surface area (Å²) < 4.78 is 0. The summed E-state index contributed by atoms with van der Waals surface area (Å²) in [5, 5.41) is 1.15. The Hall–Kier alpha value is -0.310. The summed E-state index contributed by atoms with van der Waals surface area (Å²) in [5.74, 6) is 1.28. The van der Waals surface area contributed by atoms with E-state index in [2.05, 4.69) is 37.6 Å². The normalized spacial score (nSPS) is 11.8. The van der Waals surface area contributed by atoms with Gasteiger partial charge < -0.3 is 0 Å². The highest BCUT2D eigenvalue weighted by Crippen LogP contribution is 2.21. The highest BCUT2D eigenvalue weighted by molar-refractivity contribution is 6.34. The number of aromatic nitrogens is 1. The van der Waals surface area contributed by atoms with Crippen molar-refractivity contribution in [1.82, 2.24) is 9.88 Å². The Balaban J connectivity index is 2.75. The Kier molecular flexibility index (Phi) is 6.40. The first kappa shape index (κ1) is 15.7. The van der Waals surface area contributed by atoms with Crippen molar-refractivity contribution in [2.24, 2.45) is 11.8 Å². The second-order valence-corrected chi connectivity index (χ2v) is 6.37. The van der Waals surface area contributed by atoms with Crippen LogP contribution in [0.4, 0.5) is 0 Å². The van der Waals surface area contributed by atoms with E-state index in [9.17, 15) is 0 Å². The molecule has 1 aromatic rings. The molecule has 0 radical (unpaired) electrons. The van der Waals surface area contributed by atoms with Crippen LogP contribution in [0.1, 0.15) is 33.3 Å². The predicted molar refractivity (Wildman–Crippen MR) is 79.2 cm³/mol. The van der Waals surface area contributed by atoms with Gasteiger partial charge in [-0.1, -0.05) is 50.9 Å². The molecule has 102 valence electrons. The Morgan fingerprint density at radius 1 is 1.11 bits per heavy atom. The van der Waals surface area contributed by atoms with Gasteiger partial charge in [-0.05, 0) is 17.9 Å². The topological polar surface area (TPSA) is 16.1 Å². The zero-order valence-corrected chi connectivity index (χ0v) is 13.1. The van der Waals surface area contributed by atoms with Crippen LogP contribution >= 0.6 is 23.2 Å². The van der Waals surface area contributed by atoms with Gasteiger partial charge in [0.15, 0.2) is 0 Å². The molecule has 0 fully saturated rings. The summed E-state index contributed by atoms with van der Waals surface area (Å²) in [4.78, 5) is 6.53. The number of hydrogen-bond donors (Lipinski definition) is 0. The lowest BCUT2D eigenvalue weighted by Crippen LogP contribution is -2.31. The van der Waals surface area contributed by atoms with Crippen molar-refractivity contribution >= 4 is 23.2 Å². The Labute approximate surface area is 120 Å². The molecule has 4 heteroatoms. The van der Waals surface area contributed by atoms with Crippen LogP contribution < -0.4 is 0 Å². The Morgan fingerprint density at radius 3 is 2.11 bits per heavy atom. The van der Waals surface area contributed by atoms with Gasteiger partial charge in [-0.15, -0.1) is 0 Å². The second kappa shape index (κ2) is 7.32. The molecule has 0 atom stereocenters. The molecular formula is C14H22Cl2N2. The molecule has 1 heterocycles. The fraction of sp³-hybridized carbons (Fsp3) is 0.643. The van der Waals surface area contributed by atoms with Crippen LogP contribution in [0.5, 0.6) is 0 Å². The largest absolute Gasteiger partial charge is 0.298 e. The lowest BCUT2D eigenvalue weighted by Gasteiger charge is -2.26. The Bertz CT molecular complexity index is 368. The molecule has 0 bridgehead atoms. The fourth-order valence-electron chi connectivity index (χ4n) is 2.03. The third-order valence-corrected chi connectivity index (χ3v) is 3.10. The zero-order chi connectivity index (χ0) is 13.7. The van der Waals surface area contributed by atoms with E-state index < -0.39 is 0 Å². The second-order valence-electron chi connectivity index (χ2n) is 5.58. The van der Waals surface area contributed by atoms with Crippen molar-refractivity contribution < 1.29 is 0 Å². The molecule has 0 saturated carbocycles. The van der Waals surface area contributed by atoms with Crippen molar-refractivity contribution in [2.45, 2.75) is 34.2 Å². The van der Waals surface area contributed by atoms with Crippen molar-refractivity contribution in [1.29, 1.82) is 0 Å². The Morgan fingerprint density at radius 2 is 1.67 bits per heavy atom. The van der Waals surface area contributed by atoms with Crippen LogP contribution in [0.2, 0.25) is 10.2 Å². The third kappa shape index (κ3) is 5.55. The van der Waals surface area contributed by atoms with Gasteiger partial charge in [-0.2, -0.15) is 0 Å². The molecule has 0 aliphatic rings. The maximum absolute atomic E-state index is 6.20. The fourth-order valence-corrected chi connectivity index (χ4v) is 2.46. The first-order chi connectivity index (χ1) is 8.38. The summed E-state index contributed by atoms with van der Waals surface area (Å²) in [6.45, 7) is 11.9. The number of nitrogens with zero attached hydrogens (tertiary/aromatic N) is 2. The molecule has 1 rings (SSSR count). The van der Waals surface area contributed by atoms with Crippen molar-refractivity contribution in [2.75, 3.05) is 13.1 Å². The smallest absolute Gasteiger partial charge is 0.130 e. The lowest BCUT2D eigenvalue weighted by molar-refractivity contribution is 0.211. The molecule has 2 nitrogen and oxygen atoms in total. The summed E-state index contributed by atoms with van der Waals surface area (Å²) in [6.07, 6.45) is 1.78. The highest BCUT2D eigenvalue weighted by Gasteiger charge is 2.12. The molecule has 0 spiro atoms. The first-order valence-electron chi connectivity index (χ1n) is 6.40. The maximum Gasteiger partial charge on any atom is 0.130 e. The van der Waals surface area contributed by atoms with Crippen molar-refractivity contribution in [3.63, 3.8) is 0 Å². The van der Waals surface area contributed by atoms with Gasteiger partial charge >= 0.3 is 0 Å². The summed E-state index contributed by atoms with van der Waals surface area (Å²) in [6, 6.07) is 1.71. The van der Waals surface area contributed by atoms with Gasteiger partial charge in [-0.3, -0.25) is 4.90 Å². The van der Waals surface area contributed by atoms with E-state index in [0.717, 1.165) is 25.2 Å². The van der Waals surface area contributed by atoms with E-state index in [-0.39, 0.29) is 0 Å². The van der Waals surface area contributed by atoms with Crippen LogP contribution in [0.25, 0.3) is 0 Å². The summed E-state index contributed by atoms with van der Waals surface area (Å²) in [7, 11) is 0. The van der Waals surface area contributed by atoms with Gasteiger partial charge in [-0.25, -0.2) is 4.98 Å². The quantitative estimate of drug-likeness (QED) is 0.717. The average Bonchev–Trinajstić information content (AvgIpc) is 2.20. The molecule has 0 amide bonds. The number of hydrogen-bond acceptors (Lipinski definition) is 2. The van der Waals surface area contributed by atoms with Crippen molar-refractivity contribution in [3.05, 3.63) is 28.0 Å². The zero-order valence-electron chi connectivity index (χ0n) is 11.6. The molecular weight excluding hydrogens is 267 g/mol. The minimum Gasteiger partial charge on any atom is -0.298 e. The summed E-state index contributed by atoms with van der Waals surface area (Å²) >= 11 is 12.0. The van der Waals surface area contributed by atoms with Crippen LogP contribution in [0, 0.1) is 11.8 Å². The standard InChI is InChI=1S/C14H22Cl2N2/c1-10(2)7-18(8-11(3)4)9-12-6-17-14(16)5-13(12)15/h5-6,10-11H,7-9H2,1-4H3. The van der Waals surface area contributed by atoms with E-state index in [1.54, 1.807) is 12.3 Å². The third-order valence-electron chi connectivity index (χ3n) is 2.54. The molecule has 0 N–H and O–H groups in total. The van der Waals surface area contributed by atoms with E-state index in [1.165, 1.54) is 0 Å². The SMILES string of the molecule is CC(C)CN(Cc1cnc(Cl)cc1Cl)CC(C)C. The molecule has 18 heavy (non-hydrogen) atoms. The van der Waals surface area contributed by atoms with Gasteiger partial charge in [0.1, 0.15) is 5.15 Å². The van der Waals surface area contributed by atoms with E-state index in [0.29, 0.717) is 22.0 Å². The minimum atomic E-state index is 0.447. The van der Waals surface area contributed by atoms with E-state index in [4.69, 9.17) is 23.2 Å². The first-order valence-corrected chi connectivity index (χ1v) is 7.16. The van der Waals surface area contributed by atoms with Gasteiger partial charge in [0.2, 0.25) is 0 Å². The average molecular weight is 289 g/mol. The highest BCUT2D eigenvalue weighted by atomic mass is 35.5. The van der Waals surface area contributed by atoms with Crippen molar-refractivity contribution in [3.8, 4) is 0 Å². The minimum absolute atomic E-state index is 0.447. The van der Waals surface area contributed by atoms with Crippen LogP contribution in [0.15, 0.2) is 12.3 Å².